The van der Waals surface area contributed by atoms with E-state index < -0.39 is 0 Å². The molecule has 138 valence electrons. The van der Waals surface area contributed by atoms with E-state index in [1.165, 1.54) is 44.6 Å². The maximum Gasteiger partial charge on any atom is 0.214 e. The molecule has 4 aromatic rings. The van der Waals surface area contributed by atoms with Crippen LogP contribution in [0.4, 0.5) is 0 Å². The van der Waals surface area contributed by atoms with Crippen LogP contribution in [0.25, 0.3) is 33.5 Å². The Balaban J connectivity index is 1.88. The lowest BCUT2D eigenvalue weighted by molar-refractivity contribution is -0.659. The predicted molar refractivity (Wildman–Crippen MR) is 116 cm³/mol. The van der Waals surface area contributed by atoms with Crippen molar-refractivity contribution < 1.29 is 4.57 Å². The molecule has 2 nitrogen and oxygen atoms in total. The molecule has 2 heteroatoms. The molecule has 0 saturated heterocycles. The Kier molecular flexibility index (Phi) is 4.79. The summed E-state index contributed by atoms with van der Waals surface area (Å²) in [7, 11) is 2.12. The molecule has 0 aliphatic heterocycles. The highest BCUT2D eigenvalue weighted by molar-refractivity contribution is 5.85. The second-order valence-electron chi connectivity index (χ2n) is 7.37. The van der Waals surface area contributed by atoms with Gasteiger partial charge in [-0.15, -0.1) is 0 Å². The van der Waals surface area contributed by atoms with E-state index in [4.69, 9.17) is 0 Å². The van der Waals surface area contributed by atoms with Crippen molar-refractivity contribution in [3.8, 4) is 33.5 Å². The predicted octanol–water partition coefficient (Wildman–Crippen LogP) is 5.83. The maximum atomic E-state index is 4.49. The highest BCUT2D eigenvalue weighted by atomic mass is 14.9. The standard InChI is InChI=1S/C26H25N2/c1-18-9-8-12-23(21-10-6-5-7-11-21)26(18)22-13-14-24(28(4)17-22)25-19(2)15-16-27-20(25)3/h5-17H,1-4H3/q+1. The minimum atomic E-state index is 1.06. The van der Waals surface area contributed by atoms with Crippen molar-refractivity contribution in [1.29, 1.82) is 0 Å². The van der Waals surface area contributed by atoms with Gasteiger partial charge in [0.2, 0.25) is 5.69 Å². The van der Waals surface area contributed by atoms with Crippen LogP contribution < -0.4 is 4.57 Å². The Bertz CT molecular complexity index is 1120. The van der Waals surface area contributed by atoms with Gasteiger partial charge in [-0.05, 0) is 60.7 Å². The lowest BCUT2D eigenvalue weighted by Gasteiger charge is -2.14. The molecule has 0 fully saturated rings. The smallest absolute Gasteiger partial charge is 0.214 e. The van der Waals surface area contributed by atoms with Gasteiger partial charge in [-0.2, -0.15) is 0 Å². The lowest BCUT2D eigenvalue weighted by Crippen LogP contribution is -2.31. The molecule has 2 heterocycles. The third kappa shape index (κ3) is 3.22. The van der Waals surface area contributed by atoms with Crippen LogP contribution in [0.5, 0.6) is 0 Å². The van der Waals surface area contributed by atoms with Gasteiger partial charge in [-0.25, -0.2) is 4.57 Å². The van der Waals surface area contributed by atoms with Crippen LogP contribution in [0.1, 0.15) is 16.8 Å². The Labute approximate surface area is 167 Å². The molecule has 4 rings (SSSR count). The summed E-state index contributed by atoms with van der Waals surface area (Å²) in [6, 6.07) is 23.7. The summed E-state index contributed by atoms with van der Waals surface area (Å²) in [6.45, 7) is 6.41. The largest absolute Gasteiger partial charge is 0.261 e. The van der Waals surface area contributed by atoms with Crippen molar-refractivity contribution in [2.24, 2.45) is 7.05 Å². The van der Waals surface area contributed by atoms with Crippen LogP contribution in [0.15, 0.2) is 79.1 Å². The fraction of sp³-hybridized carbons (Fsp3) is 0.154. The van der Waals surface area contributed by atoms with Crippen LogP contribution in [0, 0.1) is 20.8 Å². The first-order chi connectivity index (χ1) is 13.6. The van der Waals surface area contributed by atoms with Crippen LogP contribution in [0.3, 0.4) is 0 Å². The van der Waals surface area contributed by atoms with Crippen molar-refractivity contribution in [2.45, 2.75) is 20.8 Å². The number of pyridine rings is 2. The molecule has 0 bridgehead atoms. The van der Waals surface area contributed by atoms with Crippen LogP contribution in [-0.2, 0) is 7.05 Å². The molecule has 0 unspecified atom stereocenters. The van der Waals surface area contributed by atoms with Crippen molar-refractivity contribution in [3.05, 3.63) is 95.9 Å². The van der Waals surface area contributed by atoms with Gasteiger partial charge in [0.15, 0.2) is 6.20 Å². The Morgan fingerprint density at radius 3 is 2.14 bits per heavy atom. The molecule has 0 N–H and O–H groups in total. The first-order valence-electron chi connectivity index (χ1n) is 9.64. The van der Waals surface area contributed by atoms with E-state index in [-0.39, 0.29) is 0 Å². The normalized spacial score (nSPS) is 10.9. The van der Waals surface area contributed by atoms with Crippen LogP contribution >= 0.6 is 0 Å². The molecule has 0 saturated carbocycles. The number of aromatic nitrogens is 2. The summed E-state index contributed by atoms with van der Waals surface area (Å²) in [4.78, 5) is 4.49. The number of benzene rings is 2. The highest BCUT2D eigenvalue weighted by Gasteiger charge is 2.18. The van der Waals surface area contributed by atoms with Gasteiger partial charge in [0, 0.05) is 17.8 Å². The molecule has 0 radical (unpaired) electrons. The summed E-state index contributed by atoms with van der Waals surface area (Å²) in [5.74, 6) is 0. The molecule has 0 aliphatic rings. The number of hydrogen-bond acceptors (Lipinski definition) is 1. The first kappa shape index (κ1) is 18.1. The molecule has 0 aliphatic carbocycles. The third-order valence-corrected chi connectivity index (χ3v) is 5.38. The van der Waals surface area contributed by atoms with Gasteiger partial charge < -0.3 is 0 Å². The molecule has 0 spiro atoms. The SMILES string of the molecule is Cc1cccc(-c2ccccc2)c1-c1ccc(-c2c(C)ccnc2C)[n+](C)c1. The van der Waals surface area contributed by atoms with Crippen molar-refractivity contribution in [3.63, 3.8) is 0 Å². The molecule has 28 heavy (non-hydrogen) atoms. The zero-order valence-corrected chi connectivity index (χ0v) is 16.9. The summed E-state index contributed by atoms with van der Waals surface area (Å²) >= 11 is 0. The first-order valence-corrected chi connectivity index (χ1v) is 9.64. The summed E-state index contributed by atoms with van der Waals surface area (Å²) in [5.41, 5.74) is 11.0. The Morgan fingerprint density at radius 2 is 1.43 bits per heavy atom. The second kappa shape index (κ2) is 7.40. The fourth-order valence-electron chi connectivity index (χ4n) is 4.01. The van der Waals surface area contributed by atoms with Crippen LogP contribution in [-0.4, -0.2) is 4.98 Å². The number of nitrogens with zero attached hydrogens (tertiary/aromatic N) is 2. The monoisotopic (exact) mass is 365 g/mol. The molecule has 0 atom stereocenters. The van der Waals surface area contributed by atoms with E-state index in [2.05, 4.69) is 110 Å². The fourth-order valence-corrected chi connectivity index (χ4v) is 4.01. The summed E-state index contributed by atoms with van der Waals surface area (Å²) < 4.78 is 2.22. The minimum absolute atomic E-state index is 1.06. The van der Waals surface area contributed by atoms with E-state index in [0.29, 0.717) is 0 Å². The number of rotatable bonds is 3. The van der Waals surface area contributed by atoms with Crippen molar-refractivity contribution in [2.75, 3.05) is 0 Å². The summed E-state index contributed by atoms with van der Waals surface area (Å²) in [5, 5.41) is 0. The molecule has 2 aromatic heterocycles. The average Bonchev–Trinajstić information content (AvgIpc) is 2.69. The van der Waals surface area contributed by atoms with E-state index in [9.17, 15) is 0 Å². The van der Waals surface area contributed by atoms with Gasteiger partial charge in [0.05, 0.1) is 11.3 Å². The van der Waals surface area contributed by atoms with Gasteiger partial charge in [-0.1, -0.05) is 48.5 Å². The van der Waals surface area contributed by atoms with Crippen molar-refractivity contribution >= 4 is 0 Å². The van der Waals surface area contributed by atoms with E-state index >= 15 is 0 Å². The Morgan fingerprint density at radius 1 is 0.679 bits per heavy atom. The Hall–Kier alpha value is -3.26. The molecule has 2 aromatic carbocycles. The lowest BCUT2D eigenvalue weighted by atomic mass is 9.91. The molecule has 0 amide bonds. The van der Waals surface area contributed by atoms with E-state index in [0.717, 1.165) is 5.69 Å². The minimum Gasteiger partial charge on any atom is -0.261 e. The third-order valence-electron chi connectivity index (χ3n) is 5.38. The highest BCUT2D eigenvalue weighted by Crippen LogP contribution is 2.35. The average molecular weight is 366 g/mol. The number of hydrogen-bond donors (Lipinski definition) is 0. The molecular formula is C26H25N2+. The van der Waals surface area contributed by atoms with Gasteiger partial charge in [0.25, 0.3) is 0 Å². The van der Waals surface area contributed by atoms with Gasteiger partial charge >= 0.3 is 0 Å². The topological polar surface area (TPSA) is 16.8 Å². The van der Waals surface area contributed by atoms with Gasteiger partial charge in [0.1, 0.15) is 7.05 Å². The quantitative estimate of drug-likeness (QED) is 0.417. The second-order valence-corrected chi connectivity index (χ2v) is 7.37. The van der Waals surface area contributed by atoms with E-state index in [1.807, 2.05) is 6.20 Å². The van der Waals surface area contributed by atoms with Crippen LogP contribution in [0.2, 0.25) is 0 Å². The maximum absolute atomic E-state index is 4.49. The van der Waals surface area contributed by atoms with Crippen molar-refractivity contribution in [1.82, 2.24) is 4.98 Å². The molecular weight excluding hydrogens is 340 g/mol. The zero-order chi connectivity index (χ0) is 19.7. The zero-order valence-electron chi connectivity index (χ0n) is 16.9. The van der Waals surface area contributed by atoms with Gasteiger partial charge in [-0.3, -0.25) is 4.98 Å². The summed E-state index contributed by atoms with van der Waals surface area (Å²) in [6.07, 6.45) is 4.11. The number of aryl methyl sites for hydroxylation is 4. The van der Waals surface area contributed by atoms with E-state index in [1.54, 1.807) is 0 Å².